The molecule has 0 fully saturated rings. The van der Waals surface area contributed by atoms with Crippen LogP contribution in [-0.4, -0.2) is 0 Å². The number of fused-ring (bicyclic) bond motifs is 10. The van der Waals surface area contributed by atoms with Gasteiger partial charge in [0.25, 0.3) is 0 Å². The molecule has 0 aliphatic carbocycles. The average molecular weight is 821 g/mol. The molecule has 0 saturated heterocycles. The van der Waals surface area contributed by atoms with Crippen LogP contribution in [0.2, 0.25) is 0 Å². The summed E-state index contributed by atoms with van der Waals surface area (Å²) < 4.78 is 13.2. The lowest BCUT2D eigenvalue weighted by molar-refractivity contribution is 0.487. The molecule has 12 rings (SSSR count). The average Bonchev–Trinajstić information content (AvgIpc) is 3.59. The molecule has 2 aliphatic heterocycles. The van der Waals surface area contributed by atoms with Gasteiger partial charge in [-0.25, -0.2) is 0 Å². The first-order chi connectivity index (χ1) is 31.7. The molecular weight excluding hydrogens is 781 g/mol. The molecule has 2 heterocycles. The third-order valence-corrected chi connectivity index (χ3v) is 12.3. The van der Waals surface area contributed by atoms with Gasteiger partial charge in [0.05, 0.1) is 0 Å². The molecule has 0 N–H and O–H groups in total. The van der Waals surface area contributed by atoms with Gasteiger partial charge in [0.2, 0.25) is 0 Å². The molecule has 4 nitrogen and oxygen atoms in total. The van der Waals surface area contributed by atoms with Gasteiger partial charge in [0, 0.05) is 56.4 Å². The molecular formula is C60H40N2O2. The number of ether oxygens (including phenoxy) is 2. The molecule has 0 atom stereocenters. The Bertz CT molecular complexity index is 3150. The number of anilines is 6. The fourth-order valence-corrected chi connectivity index (χ4v) is 9.26. The molecule has 4 heteroatoms. The Hall–Kier alpha value is -8.60. The maximum Gasteiger partial charge on any atom is 0.135 e. The van der Waals surface area contributed by atoms with Gasteiger partial charge in [-0.2, -0.15) is 0 Å². The van der Waals surface area contributed by atoms with Gasteiger partial charge in [0.1, 0.15) is 23.0 Å². The summed E-state index contributed by atoms with van der Waals surface area (Å²) in [5.41, 5.74) is 17.4. The highest BCUT2D eigenvalue weighted by molar-refractivity contribution is 5.96. The summed E-state index contributed by atoms with van der Waals surface area (Å²) in [6, 6.07) is 85.7. The second-order valence-corrected chi connectivity index (χ2v) is 16.1. The number of rotatable bonds is 7. The van der Waals surface area contributed by atoms with Crippen LogP contribution in [0.3, 0.4) is 0 Å². The van der Waals surface area contributed by atoms with Crippen LogP contribution in [0, 0.1) is 0 Å². The van der Waals surface area contributed by atoms with Gasteiger partial charge in [-0.05, 0) is 130 Å². The van der Waals surface area contributed by atoms with E-state index in [0.717, 1.165) is 113 Å². The summed E-state index contributed by atoms with van der Waals surface area (Å²) in [6.07, 6.45) is 0. The lowest BCUT2D eigenvalue weighted by atomic mass is 9.92. The number of hydrogen-bond acceptors (Lipinski definition) is 4. The minimum absolute atomic E-state index is 0.837. The SMILES string of the molecule is c1ccc(N(c2ccccc2)c2ccc(-c3ccc(N(c4ccc5c(c4)-c4ccccc4Oc4ccccc4-5)c4ccc5c(c4)-c4ccccc4Oc4ccccc4-5)cc3)cc2)cc1. The Kier molecular flexibility index (Phi) is 9.12. The zero-order valence-electron chi connectivity index (χ0n) is 34.8. The van der Waals surface area contributed by atoms with E-state index in [4.69, 9.17) is 9.47 Å². The van der Waals surface area contributed by atoms with Crippen LogP contribution in [0.15, 0.2) is 243 Å². The van der Waals surface area contributed by atoms with Crippen LogP contribution in [0.1, 0.15) is 0 Å². The van der Waals surface area contributed by atoms with E-state index in [0.29, 0.717) is 0 Å². The zero-order chi connectivity index (χ0) is 42.4. The van der Waals surface area contributed by atoms with E-state index in [2.05, 4.69) is 228 Å². The predicted molar refractivity (Wildman–Crippen MR) is 263 cm³/mol. The Labute approximate surface area is 373 Å². The first-order valence-electron chi connectivity index (χ1n) is 21.7. The minimum Gasteiger partial charge on any atom is -0.456 e. The molecule has 0 spiro atoms. The molecule has 10 aromatic carbocycles. The lowest BCUT2D eigenvalue weighted by Crippen LogP contribution is -2.10. The van der Waals surface area contributed by atoms with Crippen molar-refractivity contribution < 1.29 is 9.47 Å². The molecule has 0 bridgehead atoms. The highest BCUT2D eigenvalue weighted by atomic mass is 16.5. The topological polar surface area (TPSA) is 24.9 Å². The Morgan fingerprint density at radius 1 is 0.203 bits per heavy atom. The van der Waals surface area contributed by atoms with Crippen molar-refractivity contribution in [2.24, 2.45) is 0 Å². The molecule has 0 saturated carbocycles. The number of hydrogen-bond donors (Lipinski definition) is 0. The fourth-order valence-electron chi connectivity index (χ4n) is 9.26. The van der Waals surface area contributed by atoms with Gasteiger partial charge >= 0.3 is 0 Å². The van der Waals surface area contributed by atoms with Crippen molar-refractivity contribution >= 4 is 34.1 Å². The van der Waals surface area contributed by atoms with Crippen molar-refractivity contribution in [2.75, 3.05) is 9.80 Å². The van der Waals surface area contributed by atoms with E-state index < -0.39 is 0 Å². The highest BCUT2D eigenvalue weighted by Crippen LogP contribution is 2.51. The second kappa shape index (κ2) is 15.7. The van der Waals surface area contributed by atoms with Gasteiger partial charge in [0.15, 0.2) is 0 Å². The third-order valence-electron chi connectivity index (χ3n) is 12.3. The summed E-state index contributed by atoms with van der Waals surface area (Å²) in [6.45, 7) is 0. The van der Waals surface area contributed by atoms with E-state index >= 15 is 0 Å². The number of nitrogens with zero attached hydrogens (tertiary/aromatic N) is 2. The smallest absolute Gasteiger partial charge is 0.135 e. The van der Waals surface area contributed by atoms with Crippen molar-refractivity contribution in [1.82, 2.24) is 0 Å². The van der Waals surface area contributed by atoms with Crippen molar-refractivity contribution in [2.45, 2.75) is 0 Å². The number of benzene rings is 10. The molecule has 2 aliphatic rings. The Morgan fingerprint density at radius 3 is 0.859 bits per heavy atom. The summed E-state index contributed by atoms with van der Waals surface area (Å²) in [5, 5.41) is 0. The van der Waals surface area contributed by atoms with Crippen LogP contribution in [0.5, 0.6) is 23.0 Å². The van der Waals surface area contributed by atoms with E-state index in [1.54, 1.807) is 0 Å². The maximum absolute atomic E-state index is 6.58. The van der Waals surface area contributed by atoms with Crippen molar-refractivity contribution in [3.05, 3.63) is 243 Å². The first-order valence-corrected chi connectivity index (χ1v) is 21.7. The molecule has 302 valence electrons. The van der Waals surface area contributed by atoms with Crippen LogP contribution in [-0.2, 0) is 0 Å². The predicted octanol–water partition coefficient (Wildman–Crippen LogP) is 17.2. The van der Waals surface area contributed by atoms with Crippen molar-refractivity contribution in [3.8, 4) is 78.6 Å². The van der Waals surface area contributed by atoms with Crippen LogP contribution >= 0.6 is 0 Å². The maximum atomic E-state index is 6.58. The molecule has 0 unspecified atom stereocenters. The summed E-state index contributed by atoms with van der Waals surface area (Å²) in [5.74, 6) is 3.37. The Balaban J connectivity index is 0.988. The summed E-state index contributed by atoms with van der Waals surface area (Å²) in [7, 11) is 0. The third kappa shape index (κ3) is 6.57. The quantitative estimate of drug-likeness (QED) is 0.160. The van der Waals surface area contributed by atoms with Crippen LogP contribution < -0.4 is 19.3 Å². The summed E-state index contributed by atoms with van der Waals surface area (Å²) in [4.78, 5) is 4.66. The van der Waals surface area contributed by atoms with Crippen LogP contribution in [0.4, 0.5) is 34.1 Å². The lowest BCUT2D eigenvalue weighted by Gasteiger charge is -2.28. The molecule has 10 aromatic rings. The van der Waals surface area contributed by atoms with E-state index in [1.165, 1.54) is 0 Å². The van der Waals surface area contributed by atoms with Gasteiger partial charge in [-0.15, -0.1) is 0 Å². The number of para-hydroxylation sites is 6. The van der Waals surface area contributed by atoms with E-state index in [-0.39, 0.29) is 0 Å². The summed E-state index contributed by atoms with van der Waals surface area (Å²) >= 11 is 0. The standard InChI is InChI=1S/C60H40N2O2/c1-3-15-43(16-4-1)61(44-17-5-2-6-18-44)45-31-27-41(28-32-45)42-29-33-46(34-30-42)62(47-35-37-49-51-19-7-11-23-57(51)63-59-25-13-9-21-53(59)55(49)39-47)48-36-38-50-52-20-8-12-24-58(52)64-60-26-14-10-22-54(60)56(50)40-48/h1-40H. The van der Waals surface area contributed by atoms with Crippen molar-refractivity contribution in [3.63, 3.8) is 0 Å². The fraction of sp³-hybridized carbons (Fsp3) is 0. The van der Waals surface area contributed by atoms with E-state index in [9.17, 15) is 0 Å². The van der Waals surface area contributed by atoms with Gasteiger partial charge in [-0.1, -0.05) is 146 Å². The van der Waals surface area contributed by atoms with E-state index in [1.807, 2.05) is 24.3 Å². The van der Waals surface area contributed by atoms with Gasteiger partial charge < -0.3 is 19.3 Å². The normalized spacial score (nSPS) is 11.7. The molecule has 0 aromatic heterocycles. The molecule has 0 amide bonds. The molecule has 64 heavy (non-hydrogen) atoms. The van der Waals surface area contributed by atoms with Crippen LogP contribution in [0.25, 0.3) is 55.6 Å². The first kappa shape index (κ1) is 37.2. The highest BCUT2D eigenvalue weighted by Gasteiger charge is 2.25. The monoisotopic (exact) mass is 820 g/mol. The minimum atomic E-state index is 0.837. The van der Waals surface area contributed by atoms with Crippen molar-refractivity contribution in [1.29, 1.82) is 0 Å². The second-order valence-electron chi connectivity index (χ2n) is 16.1. The molecule has 0 radical (unpaired) electrons. The largest absolute Gasteiger partial charge is 0.456 e. The Morgan fingerprint density at radius 2 is 0.484 bits per heavy atom. The zero-order valence-corrected chi connectivity index (χ0v) is 34.8. The van der Waals surface area contributed by atoms with Gasteiger partial charge in [-0.3, -0.25) is 0 Å².